The zero-order valence-electron chi connectivity index (χ0n) is 15.1. The molecule has 2 N–H and O–H groups in total. The number of carbonyl (C=O) groups is 1. The van der Waals surface area contributed by atoms with Crippen LogP contribution in [-0.4, -0.2) is 27.2 Å². The third-order valence-corrected chi connectivity index (χ3v) is 4.86. The summed E-state index contributed by atoms with van der Waals surface area (Å²) < 4.78 is 15.8. The Morgan fingerprint density at radius 3 is 2.96 bits per heavy atom. The summed E-state index contributed by atoms with van der Waals surface area (Å²) in [5.41, 5.74) is 3.23. The van der Waals surface area contributed by atoms with E-state index in [-0.39, 0.29) is 18.1 Å². The molecule has 138 valence electrons. The topological polar surface area (TPSA) is 62.7 Å². The van der Waals surface area contributed by atoms with E-state index in [2.05, 4.69) is 15.4 Å². The van der Waals surface area contributed by atoms with Gasteiger partial charge in [-0.25, -0.2) is 4.39 Å². The molecule has 6 heteroatoms. The molecule has 0 unspecified atom stereocenters. The summed E-state index contributed by atoms with van der Waals surface area (Å²) in [5, 5.41) is 9.22. The maximum absolute atomic E-state index is 13.9. The molecule has 0 aliphatic carbocycles. The minimum atomic E-state index is -0.297. The molecular weight excluding hydrogens is 343 g/mol. The minimum absolute atomic E-state index is 0.0615. The summed E-state index contributed by atoms with van der Waals surface area (Å²) in [5.74, 6) is -0.359. The molecule has 27 heavy (non-hydrogen) atoms. The second-order valence-electron chi connectivity index (χ2n) is 6.70. The molecule has 5 nitrogen and oxygen atoms in total. The molecule has 0 bridgehead atoms. The molecule has 2 aromatic heterocycles. The predicted octanol–water partition coefficient (Wildman–Crippen LogP) is 3.71. The van der Waals surface area contributed by atoms with Crippen LogP contribution in [0.5, 0.6) is 0 Å². The van der Waals surface area contributed by atoms with Gasteiger partial charge in [-0.05, 0) is 31.0 Å². The van der Waals surface area contributed by atoms with Gasteiger partial charge < -0.3 is 10.3 Å². The maximum Gasteiger partial charge on any atom is 0.224 e. The van der Waals surface area contributed by atoms with Crippen LogP contribution >= 0.6 is 0 Å². The number of halogens is 1. The summed E-state index contributed by atoms with van der Waals surface area (Å²) in [7, 11) is 0. The number of hydrogen-bond acceptors (Lipinski definition) is 2. The molecule has 0 atom stereocenters. The molecule has 2 heterocycles. The molecule has 1 amide bonds. The molecule has 0 spiro atoms. The zero-order chi connectivity index (χ0) is 18.8. The summed E-state index contributed by atoms with van der Waals surface area (Å²) in [6, 6.07) is 13.0. The summed E-state index contributed by atoms with van der Waals surface area (Å²) in [6.45, 7) is 3.18. The zero-order valence-corrected chi connectivity index (χ0v) is 15.1. The highest BCUT2D eigenvalue weighted by Crippen LogP contribution is 2.24. The third kappa shape index (κ3) is 3.43. The lowest BCUT2D eigenvalue weighted by atomic mass is 10.1. The Morgan fingerprint density at radius 1 is 1.22 bits per heavy atom. The lowest BCUT2D eigenvalue weighted by Crippen LogP contribution is -2.27. The molecule has 2 aromatic carbocycles. The Morgan fingerprint density at radius 2 is 2.07 bits per heavy atom. The van der Waals surface area contributed by atoms with E-state index in [0.29, 0.717) is 12.1 Å². The highest BCUT2D eigenvalue weighted by Gasteiger charge is 2.14. The highest BCUT2D eigenvalue weighted by atomic mass is 19.1. The van der Waals surface area contributed by atoms with Gasteiger partial charge in [-0.15, -0.1) is 0 Å². The first-order valence-corrected chi connectivity index (χ1v) is 9.06. The molecule has 0 fully saturated rings. The van der Waals surface area contributed by atoms with Crippen molar-refractivity contribution in [1.82, 2.24) is 20.1 Å². The largest absolute Gasteiger partial charge is 0.356 e. The van der Waals surface area contributed by atoms with Gasteiger partial charge in [-0.3, -0.25) is 9.48 Å². The standard InChI is InChI=1S/C21H21FN4O/c1-14-17(16-7-4-8-18(22)21(16)25-14)12-20(27)23-10-5-11-26-19-9-3-2-6-15(19)13-24-26/h2-4,6-9,13,25H,5,10-12H2,1H3,(H,23,27). The predicted molar refractivity (Wildman–Crippen MR) is 104 cm³/mol. The third-order valence-electron chi connectivity index (χ3n) is 4.86. The first-order chi connectivity index (χ1) is 13.1. The Hall–Kier alpha value is -3.15. The van der Waals surface area contributed by atoms with Gasteiger partial charge >= 0.3 is 0 Å². The molecule has 0 saturated carbocycles. The number of nitrogens with zero attached hydrogens (tertiary/aromatic N) is 2. The average molecular weight is 364 g/mol. The van der Waals surface area contributed by atoms with Crippen molar-refractivity contribution in [2.24, 2.45) is 0 Å². The number of H-pyrrole nitrogens is 1. The van der Waals surface area contributed by atoms with Crippen molar-refractivity contribution >= 4 is 27.7 Å². The smallest absolute Gasteiger partial charge is 0.224 e. The molecule has 0 radical (unpaired) electrons. The Balaban J connectivity index is 1.34. The van der Waals surface area contributed by atoms with Crippen molar-refractivity contribution in [2.75, 3.05) is 6.54 Å². The number of benzene rings is 2. The lowest BCUT2D eigenvalue weighted by Gasteiger charge is -2.07. The van der Waals surface area contributed by atoms with Crippen molar-refractivity contribution in [3.05, 3.63) is 65.7 Å². The van der Waals surface area contributed by atoms with Crippen LogP contribution in [0.25, 0.3) is 21.8 Å². The van der Waals surface area contributed by atoms with Crippen molar-refractivity contribution in [1.29, 1.82) is 0 Å². The number of aryl methyl sites for hydroxylation is 2. The van der Waals surface area contributed by atoms with Crippen LogP contribution in [0.1, 0.15) is 17.7 Å². The number of amides is 1. The van der Waals surface area contributed by atoms with Crippen molar-refractivity contribution in [2.45, 2.75) is 26.3 Å². The number of hydrogen-bond donors (Lipinski definition) is 2. The molecule has 0 aliphatic heterocycles. The van der Waals surface area contributed by atoms with Gasteiger partial charge in [0.05, 0.1) is 23.7 Å². The first kappa shape index (κ1) is 17.3. The number of nitrogens with one attached hydrogen (secondary N) is 2. The summed E-state index contributed by atoms with van der Waals surface area (Å²) in [4.78, 5) is 15.4. The fourth-order valence-electron chi connectivity index (χ4n) is 3.48. The van der Waals surface area contributed by atoms with Crippen LogP contribution in [0.15, 0.2) is 48.7 Å². The first-order valence-electron chi connectivity index (χ1n) is 9.06. The maximum atomic E-state index is 13.9. The monoisotopic (exact) mass is 364 g/mol. The summed E-state index contributed by atoms with van der Waals surface area (Å²) in [6.07, 6.45) is 2.88. The molecule has 0 aliphatic rings. The lowest BCUT2D eigenvalue weighted by molar-refractivity contribution is -0.120. The van der Waals surface area contributed by atoms with Gasteiger partial charge in [-0.2, -0.15) is 5.10 Å². The fraction of sp³-hybridized carbons (Fsp3) is 0.238. The van der Waals surface area contributed by atoms with Crippen LogP contribution in [-0.2, 0) is 17.8 Å². The molecule has 4 rings (SSSR count). The molecular formula is C21H21FN4O. The van der Waals surface area contributed by atoms with E-state index < -0.39 is 0 Å². The van der Waals surface area contributed by atoms with E-state index in [1.807, 2.05) is 48.1 Å². The average Bonchev–Trinajstić information content (AvgIpc) is 3.22. The van der Waals surface area contributed by atoms with Gasteiger partial charge in [0, 0.05) is 29.6 Å². The van der Waals surface area contributed by atoms with E-state index in [1.54, 1.807) is 6.07 Å². The Labute approximate surface area is 156 Å². The quantitative estimate of drug-likeness (QED) is 0.512. The van der Waals surface area contributed by atoms with Crippen LogP contribution in [0.3, 0.4) is 0 Å². The number of aromatic nitrogens is 3. The normalized spacial score (nSPS) is 11.3. The van der Waals surface area contributed by atoms with Crippen LogP contribution < -0.4 is 5.32 Å². The van der Waals surface area contributed by atoms with Gasteiger partial charge in [0.25, 0.3) is 0 Å². The second kappa shape index (κ2) is 7.23. The summed E-state index contributed by atoms with van der Waals surface area (Å²) >= 11 is 0. The van der Waals surface area contributed by atoms with Crippen molar-refractivity contribution in [3.8, 4) is 0 Å². The van der Waals surface area contributed by atoms with Crippen LogP contribution in [0.4, 0.5) is 4.39 Å². The fourth-order valence-corrected chi connectivity index (χ4v) is 3.48. The van der Waals surface area contributed by atoms with Crippen LogP contribution in [0.2, 0.25) is 0 Å². The van der Waals surface area contributed by atoms with E-state index in [9.17, 15) is 9.18 Å². The second-order valence-corrected chi connectivity index (χ2v) is 6.70. The number of aromatic amines is 1. The Bertz CT molecular complexity index is 1110. The van der Waals surface area contributed by atoms with Gasteiger partial charge in [0.1, 0.15) is 5.82 Å². The Kier molecular flexibility index (Phi) is 4.62. The number of carbonyl (C=O) groups excluding carboxylic acids is 1. The van der Waals surface area contributed by atoms with Gasteiger partial charge in [0.15, 0.2) is 0 Å². The number of para-hydroxylation sites is 2. The highest BCUT2D eigenvalue weighted by molar-refractivity contribution is 5.90. The minimum Gasteiger partial charge on any atom is -0.356 e. The van der Waals surface area contributed by atoms with E-state index >= 15 is 0 Å². The van der Waals surface area contributed by atoms with Crippen molar-refractivity contribution < 1.29 is 9.18 Å². The number of fused-ring (bicyclic) bond motifs is 2. The van der Waals surface area contributed by atoms with Crippen molar-refractivity contribution in [3.63, 3.8) is 0 Å². The van der Waals surface area contributed by atoms with E-state index in [0.717, 1.165) is 40.5 Å². The molecule has 0 saturated heterocycles. The van der Waals surface area contributed by atoms with Gasteiger partial charge in [0.2, 0.25) is 5.91 Å². The van der Waals surface area contributed by atoms with Crippen LogP contribution in [0, 0.1) is 12.7 Å². The molecule has 4 aromatic rings. The van der Waals surface area contributed by atoms with Gasteiger partial charge in [-0.1, -0.05) is 30.3 Å². The van der Waals surface area contributed by atoms with E-state index in [4.69, 9.17) is 0 Å². The number of rotatable bonds is 6. The SMILES string of the molecule is Cc1[nH]c2c(F)cccc2c1CC(=O)NCCCn1ncc2ccccc21. The van der Waals surface area contributed by atoms with E-state index in [1.165, 1.54) is 6.07 Å².